The number of hydrogen-bond acceptors (Lipinski definition) is 5. The lowest BCUT2D eigenvalue weighted by atomic mass is 10.1. The molecule has 0 aliphatic heterocycles. The van der Waals surface area contributed by atoms with Gasteiger partial charge in [0, 0.05) is 26.7 Å². The van der Waals surface area contributed by atoms with Crippen molar-refractivity contribution in [3.8, 4) is 0 Å². The summed E-state index contributed by atoms with van der Waals surface area (Å²) < 4.78 is 16.0. The number of benzene rings is 1. The highest BCUT2D eigenvalue weighted by Crippen LogP contribution is 2.14. The van der Waals surface area contributed by atoms with Gasteiger partial charge in [-0.3, -0.25) is 4.90 Å². The van der Waals surface area contributed by atoms with Gasteiger partial charge < -0.3 is 19.0 Å². The Morgan fingerprint density at radius 2 is 2.08 bits per heavy atom. The van der Waals surface area contributed by atoms with Crippen molar-refractivity contribution in [1.82, 2.24) is 4.90 Å². The second kappa shape index (κ2) is 10.4. The van der Waals surface area contributed by atoms with E-state index < -0.39 is 6.10 Å². The topological polar surface area (TPSA) is 55.1 Å². The molecule has 5 nitrogen and oxygen atoms in total. The van der Waals surface area contributed by atoms with Crippen molar-refractivity contribution in [1.29, 1.82) is 0 Å². The van der Waals surface area contributed by atoms with Crippen LogP contribution in [0.2, 0.25) is 0 Å². The summed E-state index contributed by atoms with van der Waals surface area (Å²) in [4.78, 5) is 2.20. The summed E-state index contributed by atoms with van der Waals surface area (Å²) in [5, 5.41) is 10.3. The van der Waals surface area contributed by atoms with Crippen LogP contribution in [0.4, 0.5) is 0 Å². The van der Waals surface area contributed by atoms with E-state index in [4.69, 9.17) is 13.9 Å². The van der Waals surface area contributed by atoms with E-state index in [2.05, 4.69) is 36.9 Å². The molecule has 0 amide bonds. The Balaban J connectivity index is 1.86. The molecule has 0 bridgehead atoms. The Kier molecular flexibility index (Phi) is 8.15. The van der Waals surface area contributed by atoms with Crippen LogP contribution in [0.25, 0.3) is 0 Å². The average Bonchev–Trinajstić information content (AvgIpc) is 3.09. The first kappa shape index (κ1) is 19.7. The number of aliphatic hydroxyl groups is 1. The van der Waals surface area contributed by atoms with Crippen LogP contribution in [0.15, 0.2) is 41.0 Å². The van der Waals surface area contributed by atoms with Gasteiger partial charge in [-0.1, -0.05) is 23.8 Å². The zero-order valence-corrected chi connectivity index (χ0v) is 15.4. The van der Waals surface area contributed by atoms with Gasteiger partial charge in [0.2, 0.25) is 0 Å². The maximum atomic E-state index is 10.3. The maximum absolute atomic E-state index is 10.3. The molecule has 0 saturated heterocycles. The predicted octanol–water partition coefficient (Wildman–Crippen LogP) is 2.92. The van der Waals surface area contributed by atoms with E-state index in [1.54, 1.807) is 13.4 Å². The zero-order valence-electron chi connectivity index (χ0n) is 15.4. The fourth-order valence-electron chi connectivity index (χ4n) is 2.71. The fraction of sp³-hybridized carbons (Fsp3) is 0.500. The van der Waals surface area contributed by atoms with Gasteiger partial charge in [-0.15, -0.1) is 0 Å². The normalized spacial score (nSPS) is 12.7. The number of ether oxygens (including phenoxy) is 2. The molecule has 1 aromatic heterocycles. The second-order valence-electron chi connectivity index (χ2n) is 6.41. The van der Waals surface area contributed by atoms with Gasteiger partial charge in [0.15, 0.2) is 0 Å². The molecule has 0 saturated carbocycles. The number of nitrogens with zero attached hydrogens (tertiary/aromatic N) is 1. The zero-order chi connectivity index (χ0) is 18.1. The fourth-order valence-corrected chi connectivity index (χ4v) is 2.71. The molecule has 0 aliphatic carbocycles. The molecule has 0 radical (unpaired) electrons. The van der Waals surface area contributed by atoms with Crippen LogP contribution in [-0.2, 0) is 22.6 Å². The quantitative estimate of drug-likeness (QED) is 0.677. The number of aryl methyl sites for hydroxylation is 2. The number of rotatable bonds is 11. The van der Waals surface area contributed by atoms with E-state index in [9.17, 15) is 5.11 Å². The third kappa shape index (κ3) is 7.00. The summed E-state index contributed by atoms with van der Waals surface area (Å²) in [6.45, 7) is 7.58. The van der Waals surface area contributed by atoms with Crippen LogP contribution in [0.1, 0.15) is 22.5 Å². The highest BCUT2D eigenvalue weighted by molar-refractivity contribution is 5.30. The molecule has 2 aromatic rings. The maximum Gasteiger partial charge on any atom is 0.129 e. The first-order valence-electron chi connectivity index (χ1n) is 8.64. The van der Waals surface area contributed by atoms with E-state index in [0.29, 0.717) is 19.8 Å². The lowest BCUT2D eigenvalue weighted by Gasteiger charge is -2.25. The molecule has 25 heavy (non-hydrogen) atoms. The van der Waals surface area contributed by atoms with Crippen LogP contribution in [0, 0.1) is 13.8 Å². The second-order valence-corrected chi connectivity index (χ2v) is 6.41. The molecule has 138 valence electrons. The van der Waals surface area contributed by atoms with Crippen LogP contribution >= 0.6 is 0 Å². The summed E-state index contributed by atoms with van der Waals surface area (Å²) >= 11 is 0. The minimum Gasteiger partial charge on any atom is -0.467 e. The predicted molar refractivity (Wildman–Crippen MR) is 97.4 cm³/mol. The molecule has 1 aromatic carbocycles. The van der Waals surface area contributed by atoms with Gasteiger partial charge in [-0.05, 0) is 37.1 Å². The minimum atomic E-state index is -0.558. The lowest BCUT2D eigenvalue weighted by molar-refractivity contribution is 0.000457. The van der Waals surface area contributed by atoms with Crippen LogP contribution in [0.5, 0.6) is 0 Å². The minimum absolute atomic E-state index is 0.275. The third-order valence-corrected chi connectivity index (χ3v) is 4.11. The van der Waals surface area contributed by atoms with E-state index >= 15 is 0 Å². The highest BCUT2D eigenvalue weighted by atomic mass is 16.5. The third-order valence-electron chi connectivity index (χ3n) is 4.11. The first-order chi connectivity index (χ1) is 12.1. The molecular formula is C20H29NO4. The van der Waals surface area contributed by atoms with Gasteiger partial charge in [-0.2, -0.15) is 0 Å². The van der Waals surface area contributed by atoms with Crippen LogP contribution in [-0.4, -0.2) is 49.5 Å². The molecule has 1 atom stereocenters. The molecule has 0 spiro atoms. The number of furan rings is 1. The molecule has 0 fully saturated rings. The van der Waals surface area contributed by atoms with Crippen molar-refractivity contribution >= 4 is 0 Å². The summed E-state index contributed by atoms with van der Waals surface area (Å²) in [7, 11) is 1.69. The Labute approximate surface area is 150 Å². The Morgan fingerprint density at radius 3 is 2.80 bits per heavy atom. The van der Waals surface area contributed by atoms with E-state index in [1.165, 1.54) is 16.7 Å². The molecule has 0 unspecified atom stereocenters. The highest BCUT2D eigenvalue weighted by Gasteiger charge is 2.14. The van der Waals surface area contributed by atoms with Gasteiger partial charge in [0.25, 0.3) is 0 Å². The van der Waals surface area contributed by atoms with Gasteiger partial charge in [0.05, 0.1) is 25.6 Å². The average molecular weight is 347 g/mol. The van der Waals surface area contributed by atoms with Crippen molar-refractivity contribution in [3.05, 3.63) is 59.0 Å². The van der Waals surface area contributed by atoms with Crippen molar-refractivity contribution < 1.29 is 19.0 Å². The molecule has 5 heteroatoms. The summed E-state index contributed by atoms with van der Waals surface area (Å²) in [5.41, 5.74) is 3.78. The molecule has 0 aliphatic rings. The number of hydrogen-bond donors (Lipinski definition) is 1. The van der Waals surface area contributed by atoms with Crippen molar-refractivity contribution in [2.24, 2.45) is 0 Å². The Morgan fingerprint density at radius 1 is 1.24 bits per heavy atom. The van der Waals surface area contributed by atoms with Crippen molar-refractivity contribution in [2.75, 3.05) is 33.4 Å². The van der Waals surface area contributed by atoms with Gasteiger partial charge in [-0.25, -0.2) is 0 Å². The summed E-state index contributed by atoms with van der Waals surface area (Å²) in [6.07, 6.45) is 1.06. The Hall–Kier alpha value is -1.66. The smallest absolute Gasteiger partial charge is 0.129 e. The molecular weight excluding hydrogens is 318 g/mol. The van der Waals surface area contributed by atoms with Crippen molar-refractivity contribution in [2.45, 2.75) is 33.1 Å². The van der Waals surface area contributed by atoms with Crippen LogP contribution < -0.4 is 0 Å². The first-order valence-corrected chi connectivity index (χ1v) is 8.64. The number of methoxy groups -OCH3 is 1. The van der Waals surface area contributed by atoms with Crippen molar-refractivity contribution in [3.63, 3.8) is 0 Å². The van der Waals surface area contributed by atoms with Gasteiger partial charge >= 0.3 is 0 Å². The van der Waals surface area contributed by atoms with Gasteiger partial charge in [0.1, 0.15) is 12.4 Å². The van der Waals surface area contributed by atoms with E-state index in [0.717, 1.165) is 18.8 Å². The monoisotopic (exact) mass is 347 g/mol. The molecule has 2 rings (SSSR count). The molecule has 1 N–H and O–H groups in total. The SMILES string of the molecule is COCCN(Cc1cc(C)ccc1C)C[C@H](O)COCc1ccco1. The molecule has 1 heterocycles. The largest absolute Gasteiger partial charge is 0.467 e. The standard InChI is InChI=1S/C20H29NO4/c1-16-6-7-17(2)18(11-16)12-21(8-10-23-3)13-19(22)14-24-15-20-5-4-9-25-20/h4-7,9,11,19,22H,8,10,12-15H2,1-3H3/t19-/m0/s1. The Bertz CT molecular complexity index is 612. The lowest BCUT2D eigenvalue weighted by Crippen LogP contribution is -2.36. The van der Waals surface area contributed by atoms with Crippen LogP contribution in [0.3, 0.4) is 0 Å². The summed E-state index contributed by atoms with van der Waals surface area (Å²) in [6, 6.07) is 10.1. The summed E-state index contributed by atoms with van der Waals surface area (Å²) in [5.74, 6) is 0.763. The van der Waals surface area contributed by atoms with E-state index in [1.807, 2.05) is 12.1 Å². The number of aliphatic hydroxyl groups excluding tert-OH is 1. The van der Waals surface area contributed by atoms with E-state index in [-0.39, 0.29) is 6.61 Å².